The van der Waals surface area contributed by atoms with Crippen molar-refractivity contribution in [3.63, 3.8) is 0 Å². The Kier molecular flexibility index (Phi) is 4.80. The number of benzene rings is 1. The predicted octanol–water partition coefficient (Wildman–Crippen LogP) is 3.89. The zero-order valence-electron chi connectivity index (χ0n) is 12.2. The fourth-order valence-electron chi connectivity index (χ4n) is 3.02. The van der Waals surface area contributed by atoms with E-state index in [-0.39, 0.29) is 0 Å². The molecule has 0 fully saturated rings. The third kappa shape index (κ3) is 2.92. The molecule has 106 valence electrons. The largest absolute Gasteiger partial charge is 0.508 e. The van der Waals surface area contributed by atoms with Gasteiger partial charge in [-0.05, 0) is 49.1 Å². The van der Waals surface area contributed by atoms with Crippen molar-refractivity contribution >= 4 is 11.8 Å². The van der Waals surface area contributed by atoms with Gasteiger partial charge in [-0.3, -0.25) is 0 Å². The van der Waals surface area contributed by atoms with Crippen molar-refractivity contribution in [3.05, 3.63) is 29.3 Å². The van der Waals surface area contributed by atoms with Gasteiger partial charge in [0, 0.05) is 17.3 Å². The third-order valence-electron chi connectivity index (χ3n) is 4.64. The van der Waals surface area contributed by atoms with Gasteiger partial charge in [0.2, 0.25) is 0 Å². The first-order valence-electron chi connectivity index (χ1n) is 7.25. The van der Waals surface area contributed by atoms with Crippen LogP contribution in [0.1, 0.15) is 50.3 Å². The average Bonchev–Trinajstić information content (AvgIpc) is 2.86. The fourth-order valence-corrected chi connectivity index (χ4v) is 3.82. The molecule has 3 heteroatoms. The number of fused-ring (bicyclic) bond motifs is 1. The molecule has 0 saturated carbocycles. The van der Waals surface area contributed by atoms with E-state index >= 15 is 0 Å². The molecule has 1 aromatic rings. The molecule has 1 aliphatic rings. The van der Waals surface area contributed by atoms with Gasteiger partial charge in [-0.1, -0.05) is 26.0 Å². The maximum absolute atomic E-state index is 9.88. The standard InChI is InChI=1S/C16H25NOS/c1-4-16(5-2,19-3)11-17-14-10-9-13-12(14)7-6-8-15(13)18/h6-8,14,17-18H,4-5,9-11H2,1-3H3. The van der Waals surface area contributed by atoms with Crippen LogP contribution < -0.4 is 5.32 Å². The summed E-state index contributed by atoms with van der Waals surface area (Å²) in [5.41, 5.74) is 2.44. The number of hydrogen-bond donors (Lipinski definition) is 2. The highest BCUT2D eigenvalue weighted by molar-refractivity contribution is 8.00. The van der Waals surface area contributed by atoms with E-state index < -0.39 is 0 Å². The molecular formula is C16H25NOS. The Morgan fingerprint density at radius 3 is 2.74 bits per heavy atom. The third-order valence-corrected chi connectivity index (χ3v) is 6.23. The molecule has 0 spiro atoms. The second-order valence-corrected chi connectivity index (χ2v) is 6.69. The van der Waals surface area contributed by atoms with E-state index in [1.807, 2.05) is 17.8 Å². The van der Waals surface area contributed by atoms with Gasteiger partial charge < -0.3 is 10.4 Å². The van der Waals surface area contributed by atoms with E-state index in [9.17, 15) is 5.11 Å². The molecule has 0 aromatic heterocycles. The summed E-state index contributed by atoms with van der Waals surface area (Å²) in [7, 11) is 0. The minimum absolute atomic E-state index is 0.347. The van der Waals surface area contributed by atoms with Crippen LogP contribution in [0.3, 0.4) is 0 Å². The number of thioether (sulfide) groups is 1. The highest BCUT2D eigenvalue weighted by Gasteiger charge is 2.29. The Morgan fingerprint density at radius 2 is 2.11 bits per heavy atom. The van der Waals surface area contributed by atoms with Crippen LogP contribution in [0.25, 0.3) is 0 Å². The molecule has 1 unspecified atom stereocenters. The number of nitrogens with one attached hydrogen (secondary N) is 1. The Labute approximate surface area is 121 Å². The Morgan fingerprint density at radius 1 is 1.37 bits per heavy atom. The SMILES string of the molecule is CCC(CC)(CNC1CCc2c(O)cccc21)SC. The predicted molar refractivity (Wildman–Crippen MR) is 84.0 cm³/mol. The molecule has 0 saturated heterocycles. The minimum Gasteiger partial charge on any atom is -0.508 e. The van der Waals surface area contributed by atoms with Crippen molar-refractivity contribution in [3.8, 4) is 5.75 Å². The van der Waals surface area contributed by atoms with E-state index in [1.54, 1.807) is 6.07 Å². The maximum atomic E-state index is 9.88. The molecule has 19 heavy (non-hydrogen) atoms. The normalized spacial score (nSPS) is 18.6. The van der Waals surface area contributed by atoms with Gasteiger partial charge in [-0.15, -0.1) is 0 Å². The van der Waals surface area contributed by atoms with E-state index in [0.29, 0.717) is 16.5 Å². The summed E-state index contributed by atoms with van der Waals surface area (Å²) in [6.45, 7) is 5.59. The van der Waals surface area contributed by atoms with Crippen LogP contribution in [-0.4, -0.2) is 22.7 Å². The van der Waals surface area contributed by atoms with Gasteiger partial charge >= 0.3 is 0 Å². The van der Waals surface area contributed by atoms with Gasteiger partial charge in [-0.25, -0.2) is 0 Å². The number of aromatic hydroxyl groups is 1. The molecule has 0 bridgehead atoms. The van der Waals surface area contributed by atoms with E-state index in [0.717, 1.165) is 24.9 Å². The number of hydrogen-bond acceptors (Lipinski definition) is 3. The van der Waals surface area contributed by atoms with Crippen LogP contribution in [0.5, 0.6) is 5.75 Å². The van der Waals surface area contributed by atoms with Crippen LogP contribution >= 0.6 is 11.8 Å². The first-order chi connectivity index (χ1) is 9.15. The second-order valence-electron chi connectivity index (χ2n) is 5.41. The van der Waals surface area contributed by atoms with Crippen molar-refractivity contribution in [2.45, 2.75) is 50.3 Å². The van der Waals surface area contributed by atoms with E-state index in [4.69, 9.17) is 0 Å². The summed E-state index contributed by atoms with van der Waals surface area (Å²) in [6, 6.07) is 6.31. The van der Waals surface area contributed by atoms with Crippen LogP contribution in [0.2, 0.25) is 0 Å². The summed E-state index contributed by atoms with van der Waals surface area (Å²) in [5, 5.41) is 13.6. The number of phenols is 1. The Bertz CT molecular complexity index is 420. The van der Waals surface area contributed by atoms with Crippen LogP contribution in [0.4, 0.5) is 0 Å². The summed E-state index contributed by atoms with van der Waals surface area (Å²) in [5.74, 6) is 0.462. The lowest BCUT2D eigenvalue weighted by Gasteiger charge is -2.31. The zero-order chi connectivity index (χ0) is 13.9. The van der Waals surface area contributed by atoms with Gasteiger partial charge in [0.05, 0.1) is 0 Å². The van der Waals surface area contributed by atoms with E-state index in [1.165, 1.54) is 18.4 Å². The molecule has 2 nitrogen and oxygen atoms in total. The number of phenolic OH excluding ortho intramolecular Hbond substituents is 1. The van der Waals surface area contributed by atoms with Crippen LogP contribution in [-0.2, 0) is 6.42 Å². The van der Waals surface area contributed by atoms with Crippen LogP contribution in [0, 0.1) is 0 Å². The lowest BCUT2D eigenvalue weighted by molar-refractivity contribution is 0.443. The summed E-state index contributed by atoms with van der Waals surface area (Å²) < 4.78 is 0.347. The topological polar surface area (TPSA) is 32.3 Å². The Balaban J connectivity index is 2.05. The first-order valence-corrected chi connectivity index (χ1v) is 8.47. The fraction of sp³-hybridized carbons (Fsp3) is 0.625. The lowest BCUT2D eigenvalue weighted by atomic mass is 10.0. The zero-order valence-corrected chi connectivity index (χ0v) is 13.0. The van der Waals surface area contributed by atoms with Gasteiger partial charge in [0.25, 0.3) is 0 Å². The molecule has 2 N–H and O–H groups in total. The minimum atomic E-state index is 0.347. The molecule has 2 rings (SSSR count). The average molecular weight is 279 g/mol. The quantitative estimate of drug-likeness (QED) is 0.828. The smallest absolute Gasteiger partial charge is 0.119 e. The van der Waals surface area contributed by atoms with E-state index in [2.05, 4.69) is 31.5 Å². The molecule has 1 aliphatic carbocycles. The maximum Gasteiger partial charge on any atom is 0.119 e. The monoisotopic (exact) mass is 279 g/mol. The van der Waals surface area contributed by atoms with Crippen molar-refractivity contribution in [1.29, 1.82) is 0 Å². The first kappa shape index (κ1) is 14.7. The van der Waals surface area contributed by atoms with Crippen molar-refractivity contribution in [1.82, 2.24) is 5.32 Å². The summed E-state index contributed by atoms with van der Waals surface area (Å²) in [4.78, 5) is 0. The van der Waals surface area contributed by atoms with Crippen LogP contribution in [0.15, 0.2) is 18.2 Å². The molecular weight excluding hydrogens is 254 g/mol. The lowest BCUT2D eigenvalue weighted by Crippen LogP contribution is -2.37. The summed E-state index contributed by atoms with van der Waals surface area (Å²) >= 11 is 1.97. The highest BCUT2D eigenvalue weighted by atomic mass is 32.2. The highest BCUT2D eigenvalue weighted by Crippen LogP contribution is 2.37. The second kappa shape index (κ2) is 6.19. The van der Waals surface area contributed by atoms with Crippen molar-refractivity contribution in [2.75, 3.05) is 12.8 Å². The molecule has 1 atom stereocenters. The Hall–Kier alpha value is -0.670. The molecule has 0 heterocycles. The van der Waals surface area contributed by atoms with Crippen molar-refractivity contribution in [2.24, 2.45) is 0 Å². The van der Waals surface area contributed by atoms with Gasteiger partial charge in [0.15, 0.2) is 0 Å². The van der Waals surface area contributed by atoms with Crippen molar-refractivity contribution < 1.29 is 5.11 Å². The molecule has 0 amide bonds. The molecule has 0 radical (unpaired) electrons. The van der Waals surface area contributed by atoms with Gasteiger partial charge in [-0.2, -0.15) is 11.8 Å². The molecule has 0 aliphatic heterocycles. The van der Waals surface area contributed by atoms with Gasteiger partial charge in [0.1, 0.15) is 5.75 Å². The summed E-state index contributed by atoms with van der Waals surface area (Å²) in [6.07, 6.45) is 6.69. The molecule has 1 aromatic carbocycles. The number of rotatable bonds is 6.